The Balaban J connectivity index is 1.83. The number of carbonyl (C=O) groups is 1. The molecule has 0 saturated carbocycles. The molecule has 0 spiro atoms. The predicted octanol–water partition coefficient (Wildman–Crippen LogP) is 5.08. The van der Waals surface area contributed by atoms with Crippen LogP contribution in [0.25, 0.3) is 6.08 Å². The smallest absolute Gasteiger partial charge is 0.270 e. The molecule has 8 heteroatoms. The van der Waals surface area contributed by atoms with Crippen molar-refractivity contribution >= 4 is 46.1 Å². The van der Waals surface area contributed by atoms with E-state index in [1.807, 2.05) is 50.3 Å². The average molecular weight is 507 g/mol. The molecular weight excluding hydrogens is 476 g/mol. The third kappa shape index (κ3) is 5.07. The van der Waals surface area contributed by atoms with Crippen LogP contribution in [0.5, 0.6) is 0 Å². The minimum absolute atomic E-state index is 0.137. The van der Waals surface area contributed by atoms with E-state index in [0.29, 0.717) is 33.8 Å². The highest BCUT2D eigenvalue weighted by Crippen LogP contribution is 2.37. The Kier molecular flexibility index (Phi) is 7.78. The highest BCUT2D eigenvalue weighted by atomic mass is 32.2. The van der Waals surface area contributed by atoms with E-state index in [1.54, 1.807) is 9.47 Å². The number of aromatic nitrogens is 1. The van der Waals surface area contributed by atoms with E-state index < -0.39 is 0 Å². The first-order chi connectivity index (χ1) is 16.8. The number of nitrogens with zero attached hydrogens (tertiary/aromatic N) is 4. The molecule has 2 aliphatic rings. The molecule has 1 aromatic heterocycles. The van der Waals surface area contributed by atoms with Gasteiger partial charge < -0.3 is 4.90 Å². The molecule has 1 amide bonds. The molecule has 1 atom stereocenters. The Morgan fingerprint density at radius 3 is 2.66 bits per heavy atom. The van der Waals surface area contributed by atoms with Gasteiger partial charge in [0.25, 0.3) is 11.5 Å². The van der Waals surface area contributed by atoms with Crippen molar-refractivity contribution < 1.29 is 4.79 Å². The van der Waals surface area contributed by atoms with E-state index in [9.17, 15) is 14.9 Å². The van der Waals surface area contributed by atoms with Crippen LogP contribution in [-0.4, -0.2) is 32.8 Å². The molecule has 0 N–H and O–H groups in total. The van der Waals surface area contributed by atoms with E-state index >= 15 is 0 Å². The van der Waals surface area contributed by atoms with Gasteiger partial charge in [0.05, 0.1) is 11.4 Å². The van der Waals surface area contributed by atoms with Crippen molar-refractivity contribution in [1.29, 1.82) is 5.26 Å². The van der Waals surface area contributed by atoms with Gasteiger partial charge in [-0.15, -0.1) is 0 Å². The predicted molar refractivity (Wildman–Crippen MR) is 146 cm³/mol. The fourth-order valence-electron chi connectivity index (χ4n) is 4.83. The fraction of sp³-hybridized carbons (Fsp3) is 0.407. The second-order valence-electron chi connectivity index (χ2n) is 9.25. The summed E-state index contributed by atoms with van der Waals surface area (Å²) in [7, 11) is 0. The van der Waals surface area contributed by atoms with Gasteiger partial charge in [0.1, 0.15) is 21.8 Å². The standard InChI is InChI=1S/C27H30N4O2S2/c1-4-12-30-24(29-13-8-9-18(2)16-29)21(19(3)22(15-28)25(30)32)14-23-26(33)31(27(34)35-23)17-20-10-6-5-7-11-20/h5-7,10-11,14,18H,4,8-9,12-13,16-17H2,1-3H3/b23-14-. The van der Waals surface area contributed by atoms with Crippen LogP contribution in [0.15, 0.2) is 40.0 Å². The van der Waals surface area contributed by atoms with Gasteiger partial charge in [-0.1, -0.05) is 68.2 Å². The van der Waals surface area contributed by atoms with Crippen molar-refractivity contribution in [3.8, 4) is 6.07 Å². The van der Waals surface area contributed by atoms with Crippen LogP contribution in [0.2, 0.25) is 0 Å². The highest BCUT2D eigenvalue weighted by molar-refractivity contribution is 8.26. The van der Waals surface area contributed by atoms with E-state index in [4.69, 9.17) is 12.2 Å². The monoisotopic (exact) mass is 506 g/mol. The van der Waals surface area contributed by atoms with Gasteiger partial charge >= 0.3 is 0 Å². The van der Waals surface area contributed by atoms with Crippen molar-refractivity contribution in [3.05, 3.63) is 67.8 Å². The van der Waals surface area contributed by atoms with Crippen LogP contribution in [-0.2, 0) is 17.9 Å². The Bertz CT molecular complexity index is 1280. The van der Waals surface area contributed by atoms with E-state index in [0.717, 1.165) is 49.3 Å². The SMILES string of the molecule is CCCn1c(N2CCCC(C)C2)c(/C=C2\SC(=S)N(Cc3ccccc3)C2=O)c(C)c(C#N)c1=O. The second-order valence-corrected chi connectivity index (χ2v) is 10.9. The molecule has 3 heterocycles. The second kappa shape index (κ2) is 10.8. The van der Waals surface area contributed by atoms with Gasteiger partial charge in [0.15, 0.2) is 0 Å². The number of pyridine rings is 1. The summed E-state index contributed by atoms with van der Waals surface area (Å²) >= 11 is 6.84. The maximum Gasteiger partial charge on any atom is 0.270 e. The molecular formula is C27H30N4O2S2. The first-order valence-corrected chi connectivity index (χ1v) is 13.3. The van der Waals surface area contributed by atoms with Gasteiger partial charge in [-0.05, 0) is 49.3 Å². The van der Waals surface area contributed by atoms with Crippen molar-refractivity contribution in [1.82, 2.24) is 9.47 Å². The van der Waals surface area contributed by atoms with Crippen LogP contribution >= 0.6 is 24.0 Å². The fourth-order valence-corrected chi connectivity index (χ4v) is 6.07. The number of nitriles is 1. The number of amides is 1. The zero-order valence-electron chi connectivity index (χ0n) is 20.4. The molecule has 4 rings (SSSR count). The molecule has 2 saturated heterocycles. The zero-order valence-corrected chi connectivity index (χ0v) is 22.0. The molecule has 0 bridgehead atoms. The Morgan fingerprint density at radius 2 is 2.00 bits per heavy atom. The molecule has 1 unspecified atom stereocenters. The van der Waals surface area contributed by atoms with Crippen molar-refractivity contribution in [3.63, 3.8) is 0 Å². The van der Waals surface area contributed by atoms with Gasteiger partial charge in [-0.25, -0.2) is 0 Å². The maximum atomic E-state index is 13.4. The summed E-state index contributed by atoms with van der Waals surface area (Å²) in [4.78, 5) is 31.1. The number of anilines is 1. The molecule has 182 valence electrons. The van der Waals surface area contributed by atoms with Gasteiger partial charge in [-0.3, -0.25) is 19.1 Å². The highest BCUT2D eigenvalue weighted by Gasteiger charge is 2.33. The third-order valence-electron chi connectivity index (χ3n) is 6.58. The minimum Gasteiger partial charge on any atom is -0.357 e. The van der Waals surface area contributed by atoms with E-state index in [1.165, 1.54) is 11.8 Å². The third-order valence-corrected chi connectivity index (χ3v) is 7.96. The lowest BCUT2D eigenvalue weighted by Crippen LogP contribution is -2.40. The summed E-state index contributed by atoms with van der Waals surface area (Å²) in [5.74, 6) is 1.17. The maximum absolute atomic E-state index is 13.4. The molecule has 2 fully saturated rings. The number of hydrogen-bond donors (Lipinski definition) is 0. The van der Waals surface area contributed by atoms with E-state index in [-0.39, 0.29) is 17.0 Å². The molecule has 6 nitrogen and oxygen atoms in total. The summed E-state index contributed by atoms with van der Waals surface area (Å²) < 4.78 is 2.25. The molecule has 0 aliphatic carbocycles. The van der Waals surface area contributed by atoms with Crippen LogP contribution in [0, 0.1) is 24.2 Å². The summed E-state index contributed by atoms with van der Waals surface area (Å²) in [6.45, 7) is 8.66. The Labute approximate surface area is 216 Å². The lowest BCUT2D eigenvalue weighted by molar-refractivity contribution is -0.122. The topological polar surface area (TPSA) is 69.3 Å². The van der Waals surface area contributed by atoms with Crippen LogP contribution in [0.1, 0.15) is 55.4 Å². The molecule has 2 aliphatic heterocycles. The summed E-state index contributed by atoms with van der Waals surface area (Å²) in [6.07, 6.45) is 4.81. The largest absolute Gasteiger partial charge is 0.357 e. The normalized spacial score (nSPS) is 19.5. The number of piperidine rings is 1. The van der Waals surface area contributed by atoms with E-state index in [2.05, 4.69) is 17.9 Å². The van der Waals surface area contributed by atoms with Crippen LogP contribution in [0.4, 0.5) is 5.82 Å². The quantitative estimate of drug-likeness (QED) is 0.402. The lowest BCUT2D eigenvalue weighted by atomic mass is 9.98. The molecule has 35 heavy (non-hydrogen) atoms. The number of rotatable bonds is 6. The average Bonchev–Trinajstić information content (AvgIpc) is 3.10. The number of benzene rings is 1. The van der Waals surface area contributed by atoms with Gasteiger partial charge in [-0.2, -0.15) is 5.26 Å². The summed E-state index contributed by atoms with van der Waals surface area (Å²) in [6, 6.07) is 11.9. The summed E-state index contributed by atoms with van der Waals surface area (Å²) in [5.41, 5.74) is 2.27. The number of thiocarbonyl (C=S) groups is 1. The van der Waals surface area contributed by atoms with Crippen LogP contribution < -0.4 is 10.5 Å². The van der Waals surface area contributed by atoms with Gasteiger partial charge in [0.2, 0.25) is 0 Å². The summed E-state index contributed by atoms with van der Waals surface area (Å²) in [5, 5.41) is 9.82. The number of hydrogen-bond acceptors (Lipinski definition) is 6. The lowest BCUT2D eigenvalue weighted by Gasteiger charge is -2.36. The first-order valence-electron chi connectivity index (χ1n) is 12.1. The number of thioether (sulfide) groups is 1. The van der Waals surface area contributed by atoms with Crippen molar-refractivity contribution in [2.45, 2.75) is 53.1 Å². The first kappa shape index (κ1) is 25.2. The molecule has 2 aromatic rings. The zero-order chi connectivity index (χ0) is 25.1. The van der Waals surface area contributed by atoms with Crippen molar-refractivity contribution in [2.75, 3.05) is 18.0 Å². The molecule has 1 aromatic carbocycles. The van der Waals surface area contributed by atoms with Crippen LogP contribution in [0.3, 0.4) is 0 Å². The van der Waals surface area contributed by atoms with Crippen molar-refractivity contribution in [2.24, 2.45) is 5.92 Å². The minimum atomic E-state index is -0.256. The Hall–Kier alpha value is -2.89. The van der Waals surface area contributed by atoms with Gasteiger partial charge in [0, 0.05) is 25.2 Å². The number of carbonyl (C=O) groups excluding carboxylic acids is 1. The molecule has 0 radical (unpaired) electrons. The Morgan fingerprint density at radius 1 is 1.26 bits per heavy atom.